The monoisotopic (exact) mass is 356 g/mol. The number of methoxy groups -OCH3 is 1. The number of hydrogen-bond acceptors (Lipinski definition) is 6. The van der Waals surface area contributed by atoms with Gasteiger partial charge in [0.2, 0.25) is 10.0 Å². The summed E-state index contributed by atoms with van der Waals surface area (Å²) in [5.74, 6) is -0.647. The van der Waals surface area contributed by atoms with Gasteiger partial charge in [-0.15, -0.1) is 11.3 Å². The third kappa shape index (κ3) is 3.89. The van der Waals surface area contributed by atoms with Crippen molar-refractivity contribution in [1.29, 1.82) is 0 Å². The lowest BCUT2D eigenvalue weighted by molar-refractivity contribution is 0.0602. The van der Waals surface area contributed by atoms with E-state index in [0.717, 1.165) is 22.6 Å². The first-order valence-electron chi connectivity index (χ1n) is 7.23. The zero-order chi connectivity index (χ0) is 17.0. The molecule has 0 aliphatic rings. The van der Waals surface area contributed by atoms with Crippen molar-refractivity contribution in [2.24, 2.45) is 0 Å². The van der Waals surface area contributed by atoms with E-state index < -0.39 is 16.0 Å². The molecule has 0 aliphatic carbocycles. The molecule has 2 rings (SSSR count). The predicted molar refractivity (Wildman–Crippen MR) is 91.5 cm³/mol. The molecule has 23 heavy (non-hydrogen) atoms. The summed E-state index contributed by atoms with van der Waals surface area (Å²) in [6.07, 6.45) is 0. The van der Waals surface area contributed by atoms with E-state index in [1.165, 1.54) is 7.11 Å². The minimum Gasteiger partial charge on any atom is -0.465 e. The zero-order valence-corrected chi connectivity index (χ0v) is 14.9. The van der Waals surface area contributed by atoms with Crippen LogP contribution >= 0.6 is 11.3 Å². The first-order chi connectivity index (χ1) is 10.9. The molecule has 126 valence electrons. The minimum atomic E-state index is -3.82. The molecule has 1 heterocycles. The number of rotatable bonds is 7. The van der Waals surface area contributed by atoms with E-state index in [2.05, 4.69) is 10.0 Å². The van der Waals surface area contributed by atoms with E-state index in [1.54, 1.807) is 24.3 Å². The van der Waals surface area contributed by atoms with Gasteiger partial charge in [0.05, 0.1) is 7.11 Å². The highest BCUT2D eigenvalue weighted by atomic mass is 32.2. The minimum absolute atomic E-state index is 0.00588. The molecule has 0 aliphatic heterocycles. The number of likely N-dealkylation sites (N-methyl/N-ethyl adjacent to an activating group) is 1. The van der Waals surface area contributed by atoms with Gasteiger partial charge in [-0.25, -0.2) is 17.9 Å². The van der Waals surface area contributed by atoms with Crippen molar-refractivity contribution in [3.63, 3.8) is 0 Å². The number of fused-ring (bicyclic) bond motifs is 1. The fraction of sp³-hybridized carbons (Fsp3) is 0.400. The van der Waals surface area contributed by atoms with Crippen molar-refractivity contribution in [2.75, 3.05) is 20.2 Å². The maximum Gasteiger partial charge on any atom is 0.349 e. The molecular weight excluding hydrogens is 336 g/mol. The number of nitrogens with one attached hydrogen (secondary N) is 2. The lowest BCUT2D eigenvalue weighted by atomic mass is 10.2. The van der Waals surface area contributed by atoms with E-state index in [4.69, 9.17) is 4.74 Å². The summed E-state index contributed by atoms with van der Waals surface area (Å²) < 4.78 is 33.5. The van der Waals surface area contributed by atoms with Crippen LogP contribution in [0.4, 0.5) is 0 Å². The predicted octanol–water partition coefficient (Wildman–Crippen LogP) is 1.96. The maximum absolute atomic E-state index is 12.7. The topological polar surface area (TPSA) is 84.5 Å². The van der Waals surface area contributed by atoms with Crippen LogP contribution in [0.3, 0.4) is 0 Å². The number of carbonyl (C=O) groups is 1. The molecule has 1 aromatic heterocycles. The third-order valence-electron chi connectivity index (χ3n) is 3.32. The number of benzene rings is 1. The van der Waals surface area contributed by atoms with Gasteiger partial charge in [-0.3, -0.25) is 0 Å². The normalized spacial score (nSPS) is 13.2. The summed E-state index contributed by atoms with van der Waals surface area (Å²) in [6.45, 7) is 4.82. The summed E-state index contributed by atoms with van der Waals surface area (Å²) in [6, 6.07) is 7.02. The Balaban J connectivity index is 2.45. The average Bonchev–Trinajstić information content (AvgIpc) is 2.93. The van der Waals surface area contributed by atoms with Crippen LogP contribution in [0.25, 0.3) is 10.1 Å². The van der Waals surface area contributed by atoms with Gasteiger partial charge in [-0.05, 0) is 19.5 Å². The third-order valence-corrected chi connectivity index (χ3v) is 6.11. The van der Waals surface area contributed by atoms with Gasteiger partial charge < -0.3 is 10.1 Å². The number of hydrogen-bond donors (Lipinski definition) is 2. The molecule has 2 N–H and O–H groups in total. The largest absolute Gasteiger partial charge is 0.465 e. The average molecular weight is 356 g/mol. The van der Waals surface area contributed by atoms with Gasteiger partial charge in [0.1, 0.15) is 9.77 Å². The Hall–Kier alpha value is -1.48. The fourth-order valence-corrected chi connectivity index (χ4v) is 5.19. The standard InChI is InChI=1S/C15H20N2O4S2/c1-4-16-10(2)9-17-23(19,20)14-11-7-5-6-8-12(11)22-13(14)15(18)21-3/h5-8,10,16-17H,4,9H2,1-3H3/t10-/m1/s1. The van der Waals surface area contributed by atoms with Crippen LogP contribution in [-0.4, -0.2) is 40.6 Å². The molecular formula is C15H20N2O4S2. The molecule has 0 radical (unpaired) electrons. The molecule has 0 unspecified atom stereocenters. The van der Waals surface area contributed by atoms with Crippen LogP contribution in [0.2, 0.25) is 0 Å². The van der Waals surface area contributed by atoms with Gasteiger partial charge in [0, 0.05) is 22.7 Å². The molecule has 0 spiro atoms. The van der Waals surface area contributed by atoms with E-state index in [0.29, 0.717) is 5.39 Å². The quantitative estimate of drug-likeness (QED) is 0.741. The van der Waals surface area contributed by atoms with Crippen molar-refractivity contribution in [1.82, 2.24) is 10.0 Å². The lowest BCUT2D eigenvalue weighted by Crippen LogP contribution is -2.39. The van der Waals surface area contributed by atoms with Crippen LogP contribution in [0.15, 0.2) is 29.2 Å². The molecule has 8 heteroatoms. The number of esters is 1. The van der Waals surface area contributed by atoms with Gasteiger partial charge >= 0.3 is 5.97 Å². The lowest BCUT2D eigenvalue weighted by Gasteiger charge is -2.14. The number of ether oxygens (including phenoxy) is 1. The Morgan fingerprint density at radius 2 is 2.04 bits per heavy atom. The van der Waals surface area contributed by atoms with E-state index in [-0.39, 0.29) is 22.4 Å². The van der Waals surface area contributed by atoms with Crippen LogP contribution < -0.4 is 10.0 Å². The second-order valence-electron chi connectivity index (χ2n) is 5.06. The Morgan fingerprint density at radius 1 is 1.35 bits per heavy atom. The summed E-state index contributed by atoms with van der Waals surface area (Å²) >= 11 is 1.12. The fourth-order valence-electron chi connectivity index (χ4n) is 2.24. The van der Waals surface area contributed by atoms with Gasteiger partial charge in [-0.1, -0.05) is 25.1 Å². The van der Waals surface area contributed by atoms with Crippen LogP contribution in [0.1, 0.15) is 23.5 Å². The number of sulfonamides is 1. The molecule has 1 atom stereocenters. The van der Waals surface area contributed by atoms with Crippen molar-refractivity contribution in [3.05, 3.63) is 29.1 Å². The van der Waals surface area contributed by atoms with Gasteiger partial charge in [0.15, 0.2) is 0 Å². The first kappa shape index (κ1) is 17.9. The Kier molecular flexibility index (Phi) is 5.74. The molecule has 0 saturated heterocycles. The van der Waals surface area contributed by atoms with Crippen LogP contribution in [0.5, 0.6) is 0 Å². The van der Waals surface area contributed by atoms with Crippen LogP contribution in [-0.2, 0) is 14.8 Å². The van der Waals surface area contributed by atoms with Gasteiger partial charge in [-0.2, -0.15) is 0 Å². The number of thiophene rings is 1. The second-order valence-corrected chi connectivity index (χ2v) is 7.81. The maximum atomic E-state index is 12.7. The van der Waals surface area contributed by atoms with Crippen LogP contribution in [0, 0.1) is 0 Å². The molecule has 1 aromatic carbocycles. The van der Waals surface area contributed by atoms with E-state index in [1.807, 2.05) is 13.8 Å². The molecule has 2 aromatic rings. The Labute approximate surface area is 139 Å². The first-order valence-corrected chi connectivity index (χ1v) is 9.53. The summed E-state index contributed by atoms with van der Waals surface area (Å²) in [5, 5.41) is 3.66. The molecule has 0 bridgehead atoms. The zero-order valence-electron chi connectivity index (χ0n) is 13.3. The summed E-state index contributed by atoms with van der Waals surface area (Å²) in [5.41, 5.74) is 0. The Morgan fingerprint density at radius 3 is 2.70 bits per heavy atom. The van der Waals surface area contributed by atoms with Crippen molar-refractivity contribution in [3.8, 4) is 0 Å². The van der Waals surface area contributed by atoms with E-state index >= 15 is 0 Å². The smallest absolute Gasteiger partial charge is 0.349 e. The highest BCUT2D eigenvalue weighted by Crippen LogP contribution is 2.35. The molecule has 0 saturated carbocycles. The highest BCUT2D eigenvalue weighted by molar-refractivity contribution is 7.90. The van der Waals surface area contributed by atoms with Crippen molar-refractivity contribution in [2.45, 2.75) is 24.8 Å². The Bertz CT molecular complexity index is 799. The molecule has 0 fully saturated rings. The summed E-state index contributed by atoms with van der Waals surface area (Å²) in [7, 11) is -2.58. The SMILES string of the molecule is CCN[C@H](C)CNS(=O)(=O)c1c(C(=O)OC)sc2ccccc12. The number of carbonyl (C=O) groups excluding carboxylic acids is 1. The molecule has 6 nitrogen and oxygen atoms in total. The van der Waals surface area contributed by atoms with E-state index in [9.17, 15) is 13.2 Å². The van der Waals surface area contributed by atoms with Crippen molar-refractivity contribution >= 4 is 37.4 Å². The van der Waals surface area contributed by atoms with Gasteiger partial charge in [0.25, 0.3) is 0 Å². The second kappa shape index (κ2) is 7.39. The molecule has 0 amide bonds. The highest BCUT2D eigenvalue weighted by Gasteiger charge is 2.28. The van der Waals surface area contributed by atoms with Crippen molar-refractivity contribution < 1.29 is 17.9 Å². The summed E-state index contributed by atoms with van der Waals surface area (Å²) in [4.78, 5) is 12.1.